The molecule has 1 aromatic carbocycles. The Morgan fingerprint density at radius 3 is 2.12 bits per heavy atom. The minimum absolute atomic E-state index is 0.142. The van der Waals surface area contributed by atoms with Gasteiger partial charge in [-0.05, 0) is 30.4 Å². The monoisotopic (exact) mass is 547 g/mol. The number of aliphatic carboxylic acids is 1. The van der Waals surface area contributed by atoms with E-state index in [-0.39, 0.29) is 6.04 Å². The molecule has 147 valence electrons. The molecule has 1 saturated carbocycles. The van der Waals surface area contributed by atoms with Gasteiger partial charge < -0.3 is 17.8 Å². The van der Waals surface area contributed by atoms with Crippen molar-refractivity contribution in [1.29, 1.82) is 0 Å². The van der Waals surface area contributed by atoms with Crippen LogP contribution in [0.2, 0.25) is 0 Å². The Kier molecular flexibility index (Phi) is 13.6. The van der Waals surface area contributed by atoms with E-state index in [1.165, 1.54) is 24.8 Å². The van der Waals surface area contributed by atoms with Crippen LogP contribution in [0.1, 0.15) is 63.5 Å². The molecule has 1 aliphatic carbocycles. The van der Waals surface area contributed by atoms with Crippen LogP contribution in [0, 0.1) is 18.8 Å². The zero-order valence-electron chi connectivity index (χ0n) is 15.4. The fourth-order valence-electron chi connectivity index (χ4n) is 2.76. The molecule has 2 N–H and O–H groups in total. The van der Waals surface area contributed by atoms with Crippen molar-refractivity contribution in [3.8, 4) is 0 Å². The van der Waals surface area contributed by atoms with Crippen LogP contribution in [0.3, 0.4) is 0 Å². The van der Waals surface area contributed by atoms with Crippen molar-refractivity contribution < 1.29 is 28.7 Å². The van der Waals surface area contributed by atoms with E-state index in [9.17, 15) is 4.79 Å². The molecule has 0 heterocycles. The summed E-state index contributed by atoms with van der Waals surface area (Å²) in [7, 11) is 4.61. The summed E-state index contributed by atoms with van der Waals surface area (Å²) >= 11 is 1.61. The summed E-state index contributed by atoms with van der Waals surface area (Å²) in [5.41, 5.74) is 9.56. The number of carbonyl (C=O) groups is 1. The maximum absolute atomic E-state index is 10.8. The SMILES string of the molecule is CC(C)Cc1ccc(C(C)C(=O)O)cc1.[CH2-]C1CCCCC1[NH-].[Cl][Pt]. The number of rotatable bonds is 4. The van der Waals surface area contributed by atoms with Gasteiger partial charge in [-0.2, -0.15) is 12.0 Å². The molecule has 3 atom stereocenters. The average molecular weight is 548 g/mol. The van der Waals surface area contributed by atoms with Crippen LogP contribution in [-0.2, 0) is 30.0 Å². The number of benzene rings is 1. The molecule has 1 aliphatic rings. The predicted octanol–water partition coefficient (Wildman–Crippen LogP) is 6.19. The third-order valence-electron chi connectivity index (χ3n) is 4.40. The second kappa shape index (κ2) is 13.8. The number of hydrogen-bond acceptors (Lipinski definition) is 1. The van der Waals surface area contributed by atoms with Gasteiger partial charge in [-0.25, -0.2) is 0 Å². The molecule has 2 rings (SSSR count). The van der Waals surface area contributed by atoms with E-state index >= 15 is 0 Å². The summed E-state index contributed by atoms with van der Waals surface area (Å²) < 4.78 is 0. The zero-order valence-corrected chi connectivity index (χ0v) is 18.4. The molecule has 1 fully saturated rings. The number of hydrogen-bond donors (Lipinski definition) is 1. The molecule has 0 saturated heterocycles. The number of nitrogens with one attached hydrogen (secondary N) is 1. The Morgan fingerprint density at radius 1 is 1.24 bits per heavy atom. The van der Waals surface area contributed by atoms with Crippen LogP contribution in [0.5, 0.6) is 0 Å². The van der Waals surface area contributed by atoms with Gasteiger partial charge in [0.1, 0.15) is 0 Å². The van der Waals surface area contributed by atoms with Gasteiger partial charge in [0, 0.05) is 0 Å². The second-order valence-electron chi connectivity index (χ2n) is 7.05. The van der Waals surface area contributed by atoms with Crippen molar-refractivity contribution in [3.63, 3.8) is 0 Å². The van der Waals surface area contributed by atoms with Crippen LogP contribution < -0.4 is 0 Å². The maximum atomic E-state index is 10.8. The Balaban J connectivity index is 0.000000483. The number of halogens is 1. The van der Waals surface area contributed by atoms with E-state index in [4.69, 9.17) is 10.8 Å². The Labute approximate surface area is 168 Å². The van der Waals surface area contributed by atoms with Gasteiger partial charge in [-0.15, -0.1) is 0 Å². The molecular weight excluding hydrogens is 517 g/mol. The normalized spacial score (nSPS) is 20.7. The fourth-order valence-corrected chi connectivity index (χ4v) is 2.76. The first-order chi connectivity index (χ1) is 11.8. The molecule has 3 nitrogen and oxygen atoms in total. The Hall–Kier alpha value is -0.372. The molecule has 0 bridgehead atoms. The van der Waals surface area contributed by atoms with Gasteiger partial charge in [0.2, 0.25) is 0 Å². The van der Waals surface area contributed by atoms with Crippen molar-refractivity contribution in [2.75, 3.05) is 0 Å². The second-order valence-corrected chi connectivity index (χ2v) is 7.05. The van der Waals surface area contributed by atoms with Crippen LogP contribution in [0.25, 0.3) is 5.73 Å². The van der Waals surface area contributed by atoms with Crippen molar-refractivity contribution in [3.05, 3.63) is 48.0 Å². The summed E-state index contributed by atoms with van der Waals surface area (Å²) in [6, 6.07) is 8.01. The predicted molar refractivity (Wildman–Crippen MR) is 102 cm³/mol. The summed E-state index contributed by atoms with van der Waals surface area (Å²) in [6.07, 6.45) is 5.84. The first-order valence-corrected chi connectivity index (χ1v) is 11.6. The van der Waals surface area contributed by atoms with Gasteiger partial charge in [0.25, 0.3) is 0 Å². The topological polar surface area (TPSA) is 61.1 Å². The molecule has 0 amide bonds. The summed E-state index contributed by atoms with van der Waals surface area (Å²) in [5.74, 6) is -0.138. The van der Waals surface area contributed by atoms with E-state index in [1.807, 2.05) is 24.3 Å². The molecule has 1 aromatic rings. The standard InChI is InChI=1S/C13H18O2.C7H13N.ClH.Pt/c1-9(2)8-11-4-6-12(7-5-11)10(3)13(14)15;1-6-4-2-3-5-7(6)8;;/h4-7,9-10H,8H2,1-3H3,(H,14,15);6-8H,1-5H2;1H;/q;-2;;+1/p-1. The van der Waals surface area contributed by atoms with Gasteiger partial charge in [0.05, 0.1) is 5.92 Å². The van der Waals surface area contributed by atoms with Gasteiger partial charge in [-0.1, -0.05) is 63.8 Å². The zero-order chi connectivity index (χ0) is 19.4. The van der Waals surface area contributed by atoms with E-state index in [1.54, 1.807) is 25.7 Å². The third-order valence-corrected chi connectivity index (χ3v) is 4.40. The van der Waals surface area contributed by atoms with Gasteiger partial charge in [0.15, 0.2) is 0 Å². The first kappa shape index (κ1) is 24.6. The Morgan fingerprint density at radius 2 is 1.76 bits per heavy atom. The Bertz CT molecular complexity index is 469. The van der Waals surface area contributed by atoms with E-state index in [0.717, 1.165) is 18.4 Å². The molecule has 0 aliphatic heterocycles. The van der Waals surface area contributed by atoms with Crippen molar-refractivity contribution in [2.24, 2.45) is 11.8 Å². The molecule has 0 radical (unpaired) electrons. The van der Waals surface area contributed by atoms with Crippen LogP contribution >= 0.6 is 9.42 Å². The molecule has 0 spiro atoms. The number of carboxylic acids is 1. The molecule has 3 unspecified atom stereocenters. The average Bonchev–Trinajstić information content (AvgIpc) is 2.59. The fraction of sp³-hybridized carbons (Fsp3) is 0.600. The molecule has 0 aromatic heterocycles. The number of carboxylic acid groups (broad SMARTS) is 1. The third kappa shape index (κ3) is 10.4. The summed E-state index contributed by atoms with van der Waals surface area (Å²) in [6.45, 7) is 9.95. The summed E-state index contributed by atoms with van der Waals surface area (Å²) in [4.78, 5) is 10.8. The van der Waals surface area contributed by atoms with E-state index in [2.05, 4.69) is 30.2 Å². The molecular formula is C20H31ClNO2Pt-2. The minimum atomic E-state index is -0.772. The van der Waals surface area contributed by atoms with Gasteiger partial charge >= 0.3 is 34.2 Å². The molecule has 25 heavy (non-hydrogen) atoms. The summed E-state index contributed by atoms with van der Waals surface area (Å²) in [5, 5.41) is 8.85. The van der Waals surface area contributed by atoms with Crippen molar-refractivity contribution in [2.45, 2.75) is 64.8 Å². The molecule has 5 heteroatoms. The van der Waals surface area contributed by atoms with Crippen LogP contribution in [-0.4, -0.2) is 17.1 Å². The van der Waals surface area contributed by atoms with E-state index in [0.29, 0.717) is 11.8 Å². The van der Waals surface area contributed by atoms with Crippen molar-refractivity contribution in [1.82, 2.24) is 0 Å². The van der Waals surface area contributed by atoms with E-state index < -0.39 is 11.9 Å². The quantitative estimate of drug-likeness (QED) is 0.457. The van der Waals surface area contributed by atoms with Crippen LogP contribution in [0.4, 0.5) is 0 Å². The van der Waals surface area contributed by atoms with Crippen LogP contribution in [0.15, 0.2) is 24.3 Å². The van der Waals surface area contributed by atoms with Crippen molar-refractivity contribution >= 4 is 15.4 Å². The first-order valence-electron chi connectivity index (χ1n) is 8.79. The van der Waals surface area contributed by atoms with Gasteiger partial charge in [-0.3, -0.25) is 4.79 Å².